The van der Waals surface area contributed by atoms with Gasteiger partial charge in [-0.1, -0.05) is 17.2 Å². The zero-order chi connectivity index (χ0) is 22.0. The SMILES string of the molecule is COc1ccccc1-c1nnc(NC(=O)[C@H]2CCCN2S(=O)(=O)c2ccc(F)cc2)o1. The summed E-state index contributed by atoms with van der Waals surface area (Å²) in [5.74, 6) is -0.457. The first-order valence-electron chi connectivity index (χ1n) is 9.45. The van der Waals surface area contributed by atoms with Gasteiger partial charge in [0.1, 0.15) is 17.6 Å². The Morgan fingerprint density at radius 1 is 1.19 bits per heavy atom. The number of carbonyl (C=O) groups is 1. The van der Waals surface area contributed by atoms with Crippen LogP contribution >= 0.6 is 0 Å². The first-order chi connectivity index (χ1) is 14.9. The highest BCUT2D eigenvalue weighted by molar-refractivity contribution is 7.89. The van der Waals surface area contributed by atoms with Gasteiger partial charge in [0.25, 0.3) is 5.89 Å². The van der Waals surface area contributed by atoms with Gasteiger partial charge in [0.05, 0.1) is 17.6 Å². The molecule has 1 aliphatic heterocycles. The average molecular weight is 446 g/mol. The van der Waals surface area contributed by atoms with E-state index in [0.29, 0.717) is 24.2 Å². The molecule has 2 heterocycles. The number of carbonyl (C=O) groups excluding carboxylic acids is 1. The highest BCUT2D eigenvalue weighted by Gasteiger charge is 2.40. The van der Waals surface area contributed by atoms with E-state index in [9.17, 15) is 17.6 Å². The maximum atomic E-state index is 13.2. The number of halogens is 1. The Hall–Kier alpha value is -3.31. The van der Waals surface area contributed by atoms with Crippen LogP contribution in [0.5, 0.6) is 5.75 Å². The second-order valence-corrected chi connectivity index (χ2v) is 8.72. The summed E-state index contributed by atoms with van der Waals surface area (Å²) in [5.41, 5.74) is 0.555. The average Bonchev–Trinajstić information content (AvgIpc) is 3.44. The van der Waals surface area contributed by atoms with Crippen LogP contribution in [0, 0.1) is 5.82 Å². The second-order valence-electron chi connectivity index (χ2n) is 6.83. The zero-order valence-corrected chi connectivity index (χ0v) is 17.3. The molecule has 0 bridgehead atoms. The van der Waals surface area contributed by atoms with Crippen molar-refractivity contribution in [1.82, 2.24) is 14.5 Å². The van der Waals surface area contributed by atoms with Crippen LogP contribution in [0.15, 0.2) is 57.8 Å². The van der Waals surface area contributed by atoms with E-state index in [2.05, 4.69) is 15.5 Å². The Morgan fingerprint density at radius 3 is 2.68 bits per heavy atom. The molecule has 1 aliphatic rings. The largest absolute Gasteiger partial charge is 0.496 e. The molecule has 0 unspecified atom stereocenters. The molecule has 11 heteroatoms. The third-order valence-corrected chi connectivity index (χ3v) is 6.84. The molecule has 0 spiro atoms. The molecular formula is C20H19FN4O5S. The molecule has 9 nitrogen and oxygen atoms in total. The Balaban J connectivity index is 1.52. The number of methoxy groups -OCH3 is 1. The van der Waals surface area contributed by atoms with Gasteiger partial charge in [0, 0.05) is 6.54 Å². The molecule has 162 valence electrons. The van der Waals surface area contributed by atoms with E-state index in [4.69, 9.17) is 9.15 Å². The molecular weight excluding hydrogens is 427 g/mol. The Morgan fingerprint density at radius 2 is 1.94 bits per heavy atom. The van der Waals surface area contributed by atoms with E-state index in [1.807, 2.05) is 0 Å². The first kappa shape index (κ1) is 20.9. The minimum Gasteiger partial charge on any atom is -0.496 e. The number of benzene rings is 2. The number of nitrogens with zero attached hydrogens (tertiary/aromatic N) is 3. The second kappa shape index (κ2) is 8.44. The lowest BCUT2D eigenvalue weighted by Crippen LogP contribution is -2.43. The molecule has 1 atom stereocenters. The van der Waals surface area contributed by atoms with Crippen molar-refractivity contribution >= 4 is 21.9 Å². The number of amides is 1. The fraction of sp³-hybridized carbons (Fsp3) is 0.250. The van der Waals surface area contributed by atoms with E-state index in [1.54, 1.807) is 24.3 Å². The van der Waals surface area contributed by atoms with E-state index >= 15 is 0 Å². The fourth-order valence-electron chi connectivity index (χ4n) is 3.42. The maximum absolute atomic E-state index is 13.2. The molecule has 1 N–H and O–H groups in total. The van der Waals surface area contributed by atoms with Crippen LogP contribution in [-0.4, -0.2) is 48.5 Å². The van der Waals surface area contributed by atoms with Crippen molar-refractivity contribution in [1.29, 1.82) is 0 Å². The van der Waals surface area contributed by atoms with Crippen LogP contribution in [0.2, 0.25) is 0 Å². The van der Waals surface area contributed by atoms with Gasteiger partial charge in [-0.15, -0.1) is 5.10 Å². The first-order valence-corrected chi connectivity index (χ1v) is 10.9. The van der Waals surface area contributed by atoms with E-state index in [1.165, 1.54) is 19.2 Å². The molecule has 31 heavy (non-hydrogen) atoms. The van der Waals surface area contributed by atoms with Crippen molar-refractivity contribution in [3.63, 3.8) is 0 Å². The highest BCUT2D eigenvalue weighted by Crippen LogP contribution is 2.30. The van der Waals surface area contributed by atoms with Crippen LogP contribution in [0.3, 0.4) is 0 Å². The van der Waals surface area contributed by atoms with Crippen molar-refractivity contribution in [3.05, 3.63) is 54.3 Å². The minimum absolute atomic E-state index is 0.0788. The molecule has 2 aromatic carbocycles. The molecule has 3 aromatic rings. The zero-order valence-electron chi connectivity index (χ0n) is 16.5. The lowest BCUT2D eigenvalue weighted by Gasteiger charge is -2.22. The van der Waals surface area contributed by atoms with Gasteiger partial charge >= 0.3 is 6.01 Å². The molecule has 1 fully saturated rings. The van der Waals surface area contributed by atoms with E-state index in [-0.39, 0.29) is 23.3 Å². The quantitative estimate of drug-likeness (QED) is 0.619. The van der Waals surface area contributed by atoms with Gasteiger partial charge < -0.3 is 9.15 Å². The lowest BCUT2D eigenvalue weighted by molar-refractivity contribution is -0.119. The van der Waals surface area contributed by atoms with E-state index in [0.717, 1.165) is 16.4 Å². The molecule has 1 amide bonds. The number of para-hydroxylation sites is 1. The molecule has 1 aromatic heterocycles. The predicted octanol–water partition coefficient (Wildman–Crippen LogP) is 2.68. The van der Waals surface area contributed by atoms with Gasteiger partial charge in [-0.05, 0) is 49.2 Å². The molecule has 0 aliphatic carbocycles. The van der Waals surface area contributed by atoms with Crippen molar-refractivity contribution in [2.24, 2.45) is 0 Å². The number of rotatable bonds is 6. The standard InChI is InChI=1S/C20H19FN4O5S/c1-29-17-7-3-2-5-15(17)19-23-24-20(30-19)22-18(26)16-6-4-12-25(16)31(27,28)14-10-8-13(21)9-11-14/h2-3,5,7-11,16H,4,6,12H2,1H3,(H,22,24,26)/t16-/m1/s1. The number of hydrogen-bond donors (Lipinski definition) is 1. The van der Waals surface area contributed by atoms with E-state index < -0.39 is 27.8 Å². The van der Waals surface area contributed by atoms with Crippen LogP contribution in [0.4, 0.5) is 10.4 Å². The Labute approximate surface area is 177 Å². The number of anilines is 1. The van der Waals surface area contributed by atoms with Crippen molar-refractivity contribution in [3.8, 4) is 17.2 Å². The molecule has 0 radical (unpaired) electrons. The summed E-state index contributed by atoms with van der Waals surface area (Å²) in [6.07, 6.45) is 0.842. The highest BCUT2D eigenvalue weighted by atomic mass is 32.2. The Kier molecular flexibility index (Phi) is 5.70. The summed E-state index contributed by atoms with van der Waals surface area (Å²) in [6.45, 7) is 0.175. The monoisotopic (exact) mass is 446 g/mol. The van der Waals surface area contributed by atoms with Gasteiger partial charge in [-0.2, -0.15) is 4.31 Å². The minimum atomic E-state index is -3.97. The smallest absolute Gasteiger partial charge is 0.322 e. The summed E-state index contributed by atoms with van der Waals surface area (Å²) in [7, 11) is -2.46. The predicted molar refractivity (Wildman–Crippen MR) is 108 cm³/mol. The van der Waals surface area contributed by atoms with Gasteiger partial charge in [-0.3, -0.25) is 10.1 Å². The number of ether oxygens (including phenoxy) is 1. The number of sulfonamides is 1. The molecule has 4 rings (SSSR count). The van der Waals surface area contributed by atoms with Crippen LogP contribution < -0.4 is 10.1 Å². The van der Waals surface area contributed by atoms with Crippen molar-refractivity contribution in [2.75, 3.05) is 19.0 Å². The molecule has 0 saturated carbocycles. The summed E-state index contributed by atoms with van der Waals surface area (Å²) in [5, 5.41) is 10.2. The fourth-order valence-corrected chi connectivity index (χ4v) is 5.08. The topological polar surface area (TPSA) is 115 Å². The Bertz CT molecular complexity index is 1200. The van der Waals surface area contributed by atoms with Gasteiger partial charge in [-0.25, -0.2) is 12.8 Å². The van der Waals surface area contributed by atoms with Crippen LogP contribution in [0.25, 0.3) is 11.5 Å². The van der Waals surface area contributed by atoms with Crippen LogP contribution in [0.1, 0.15) is 12.8 Å². The lowest BCUT2D eigenvalue weighted by atomic mass is 10.2. The normalized spacial score (nSPS) is 16.9. The number of aromatic nitrogens is 2. The third kappa shape index (κ3) is 4.14. The van der Waals surface area contributed by atoms with Gasteiger partial charge in [0.15, 0.2) is 0 Å². The summed E-state index contributed by atoms with van der Waals surface area (Å²) in [4.78, 5) is 12.7. The maximum Gasteiger partial charge on any atom is 0.322 e. The summed E-state index contributed by atoms with van der Waals surface area (Å²) < 4.78 is 50.9. The van der Waals surface area contributed by atoms with Crippen molar-refractivity contribution in [2.45, 2.75) is 23.8 Å². The number of hydrogen-bond acceptors (Lipinski definition) is 7. The molecule has 1 saturated heterocycles. The van der Waals surface area contributed by atoms with Gasteiger partial charge in [0.2, 0.25) is 15.9 Å². The third-order valence-electron chi connectivity index (χ3n) is 4.92. The summed E-state index contributed by atoms with van der Waals surface area (Å²) >= 11 is 0. The van der Waals surface area contributed by atoms with Crippen LogP contribution in [-0.2, 0) is 14.8 Å². The summed E-state index contributed by atoms with van der Waals surface area (Å²) in [6, 6.07) is 10.4. The number of nitrogens with one attached hydrogen (secondary N) is 1. The van der Waals surface area contributed by atoms with Crippen molar-refractivity contribution < 1.29 is 26.8 Å².